The zero-order valence-corrected chi connectivity index (χ0v) is 8.98. The van der Waals surface area contributed by atoms with Crippen molar-refractivity contribution in [3.63, 3.8) is 0 Å². The Morgan fingerprint density at radius 2 is 2.00 bits per heavy atom. The molecule has 4 unspecified atom stereocenters. The molecule has 0 aromatic rings. The lowest BCUT2D eigenvalue weighted by molar-refractivity contribution is 0.230. The Labute approximate surface area is 76.7 Å². The number of hydrogen-bond acceptors (Lipinski definition) is 0. The molecule has 70 valence electrons. The summed E-state index contributed by atoms with van der Waals surface area (Å²) >= 11 is 0. The highest BCUT2D eigenvalue weighted by atomic mass is 14.9. The van der Waals surface area contributed by atoms with Crippen LogP contribution in [0.4, 0.5) is 0 Å². The van der Waals surface area contributed by atoms with Crippen molar-refractivity contribution >= 4 is 0 Å². The smallest absolute Gasteiger partial charge is 0.0207 e. The standard InChI is InChI=1S/C12H22/c1-5-9(3)7-12(6-2)10-8-11(10,12)4/h9-10H,5-8H2,1-4H3. The first-order valence-corrected chi connectivity index (χ1v) is 5.60. The second-order valence-electron chi connectivity index (χ2n) is 5.40. The van der Waals surface area contributed by atoms with Gasteiger partial charge in [-0.05, 0) is 41.9 Å². The van der Waals surface area contributed by atoms with Crippen molar-refractivity contribution in [2.75, 3.05) is 0 Å². The minimum absolute atomic E-state index is 0.808. The van der Waals surface area contributed by atoms with Gasteiger partial charge in [0.1, 0.15) is 0 Å². The molecule has 0 spiro atoms. The van der Waals surface area contributed by atoms with Gasteiger partial charge in [0, 0.05) is 0 Å². The average Bonchev–Trinajstić information content (AvgIpc) is 2.86. The molecule has 2 saturated carbocycles. The van der Waals surface area contributed by atoms with Gasteiger partial charge in [-0.25, -0.2) is 0 Å². The molecule has 2 aliphatic rings. The van der Waals surface area contributed by atoms with E-state index < -0.39 is 0 Å². The second kappa shape index (κ2) is 2.27. The van der Waals surface area contributed by atoms with Gasteiger partial charge in [-0.2, -0.15) is 0 Å². The van der Waals surface area contributed by atoms with Gasteiger partial charge in [-0.3, -0.25) is 0 Å². The molecule has 0 aliphatic heterocycles. The van der Waals surface area contributed by atoms with Crippen LogP contribution >= 0.6 is 0 Å². The number of fused-ring (bicyclic) bond motifs is 1. The molecule has 0 bridgehead atoms. The summed E-state index contributed by atoms with van der Waals surface area (Å²) < 4.78 is 0. The summed E-state index contributed by atoms with van der Waals surface area (Å²) in [6.07, 6.45) is 5.83. The van der Waals surface area contributed by atoms with E-state index in [2.05, 4.69) is 27.7 Å². The van der Waals surface area contributed by atoms with E-state index in [0.29, 0.717) is 0 Å². The second-order valence-corrected chi connectivity index (χ2v) is 5.40. The van der Waals surface area contributed by atoms with Gasteiger partial charge in [-0.1, -0.05) is 34.1 Å². The fourth-order valence-electron chi connectivity index (χ4n) is 3.52. The van der Waals surface area contributed by atoms with E-state index >= 15 is 0 Å². The summed E-state index contributed by atoms with van der Waals surface area (Å²) in [6.45, 7) is 9.63. The Morgan fingerprint density at radius 3 is 2.25 bits per heavy atom. The first-order chi connectivity index (χ1) is 5.60. The van der Waals surface area contributed by atoms with Crippen molar-refractivity contribution in [1.29, 1.82) is 0 Å². The summed E-state index contributed by atoms with van der Waals surface area (Å²) in [5.74, 6) is 2.08. The number of hydrogen-bond donors (Lipinski definition) is 0. The van der Waals surface area contributed by atoms with Crippen LogP contribution in [0.3, 0.4) is 0 Å². The molecule has 0 radical (unpaired) electrons. The van der Waals surface area contributed by atoms with E-state index in [-0.39, 0.29) is 0 Å². The topological polar surface area (TPSA) is 0 Å². The Hall–Kier alpha value is 0. The van der Waals surface area contributed by atoms with Crippen molar-refractivity contribution in [1.82, 2.24) is 0 Å². The minimum Gasteiger partial charge on any atom is -0.0651 e. The van der Waals surface area contributed by atoms with Crippen LogP contribution in [0.5, 0.6) is 0 Å². The van der Waals surface area contributed by atoms with Crippen LogP contribution in [-0.4, -0.2) is 0 Å². The molecule has 4 atom stereocenters. The third-order valence-electron chi connectivity index (χ3n) is 5.00. The van der Waals surface area contributed by atoms with Crippen LogP contribution in [0.15, 0.2) is 0 Å². The molecule has 0 N–H and O–H groups in total. The Morgan fingerprint density at radius 1 is 1.42 bits per heavy atom. The predicted octanol–water partition coefficient (Wildman–Crippen LogP) is 3.86. The van der Waals surface area contributed by atoms with Crippen molar-refractivity contribution < 1.29 is 0 Å². The molecule has 12 heavy (non-hydrogen) atoms. The zero-order valence-electron chi connectivity index (χ0n) is 8.98. The largest absolute Gasteiger partial charge is 0.0651 e. The lowest BCUT2D eigenvalue weighted by Gasteiger charge is -2.27. The van der Waals surface area contributed by atoms with Crippen molar-refractivity contribution in [3.05, 3.63) is 0 Å². The highest BCUT2D eigenvalue weighted by molar-refractivity contribution is 5.31. The SMILES string of the molecule is CCC(C)CC1(CC)C2CC21C. The molecule has 2 rings (SSSR count). The van der Waals surface area contributed by atoms with E-state index in [1.54, 1.807) is 0 Å². The third kappa shape index (κ3) is 0.791. The summed E-state index contributed by atoms with van der Waals surface area (Å²) in [6, 6.07) is 0. The quantitative estimate of drug-likeness (QED) is 0.595. The normalized spacial score (nSPS) is 51.5. The van der Waals surface area contributed by atoms with Crippen molar-refractivity contribution in [2.45, 2.75) is 53.4 Å². The maximum absolute atomic E-state index is 2.50. The van der Waals surface area contributed by atoms with Gasteiger partial charge in [0.05, 0.1) is 0 Å². The molecule has 0 nitrogen and oxygen atoms in total. The monoisotopic (exact) mass is 166 g/mol. The first-order valence-electron chi connectivity index (χ1n) is 5.60. The molecule has 2 fully saturated rings. The maximum atomic E-state index is 2.50. The molecule has 0 aromatic heterocycles. The fourth-order valence-corrected chi connectivity index (χ4v) is 3.52. The summed E-state index contributed by atoms with van der Waals surface area (Å²) in [5.41, 5.74) is 1.62. The van der Waals surface area contributed by atoms with Crippen LogP contribution in [0.1, 0.15) is 53.4 Å². The predicted molar refractivity (Wildman–Crippen MR) is 53.0 cm³/mol. The van der Waals surface area contributed by atoms with E-state index in [1.165, 1.54) is 25.7 Å². The molecule has 0 aromatic carbocycles. The molecule has 0 saturated heterocycles. The fraction of sp³-hybridized carbons (Fsp3) is 1.00. The van der Waals surface area contributed by atoms with E-state index in [0.717, 1.165) is 22.7 Å². The highest BCUT2D eigenvalue weighted by Crippen LogP contribution is 2.90. The zero-order chi connectivity index (χ0) is 8.98. The third-order valence-corrected chi connectivity index (χ3v) is 5.00. The summed E-state index contributed by atoms with van der Waals surface area (Å²) in [5, 5.41) is 0. The summed E-state index contributed by atoms with van der Waals surface area (Å²) in [7, 11) is 0. The van der Waals surface area contributed by atoms with Gasteiger partial charge in [0.2, 0.25) is 0 Å². The van der Waals surface area contributed by atoms with Gasteiger partial charge in [0.15, 0.2) is 0 Å². The average molecular weight is 166 g/mol. The number of rotatable bonds is 4. The van der Waals surface area contributed by atoms with Gasteiger partial charge in [0.25, 0.3) is 0 Å². The lowest BCUT2D eigenvalue weighted by atomic mass is 9.78. The Kier molecular flexibility index (Phi) is 1.63. The molecule has 0 heteroatoms. The highest BCUT2D eigenvalue weighted by Gasteiger charge is 2.83. The van der Waals surface area contributed by atoms with E-state index in [4.69, 9.17) is 0 Å². The van der Waals surface area contributed by atoms with E-state index in [1.807, 2.05) is 0 Å². The van der Waals surface area contributed by atoms with Crippen LogP contribution < -0.4 is 0 Å². The first kappa shape index (κ1) is 8.59. The van der Waals surface area contributed by atoms with Gasteiger partial charge in [-0.15, -0.1) is 0 Å². The maximum Gasteiger partial charge on any atom is -0.0207 e. The van der Waals surface area contributed by atoms with Crippen LogP contribution in [0.2, 0.25) is 0 Å². The minimum atomic E-state index is 0.808. The van der Waals surface area contributed by atoms with Crippen molar-refractivity contribution in [2.24, 2.45) is 22.7 Å². The van der Waals surface area contributed by atoms with E-state index in [9.17, 15) is 0 Å². The van der Waals surface area contributed by atoms with Gasteiger partial charge < -0.3 is 0 Å². The van der Waals surface area contributed by atoms with Gasteiger partial charge >= 0.3 is 0 Å². The van der Waals surface area contributed by atoms with Crippen LogP contribution in [0, 0.1) is 22.7 Å². The van der Waals surface area contributed by atoms with Crippen LogP contribution in [-0.2, 0) is 0 Å². The lowest BCUT2D eigenvalue weighted by Crippen LogP contribution is -2.17. The molecular weight excluding hydrogens is 144 g/mol. The van der Waals surface area contributed by atoms with Crippen molar-refractivity contribution in [3.8, 4) is 0 Å². The molecule has 0 heterocycles. The molecule has 0 amide bonds. The molecule has 2 aliphatic carbocycles. The van der Waals surface area contributed by atoms with Crippen LogP contribution in [0.25, 0.3) is 0 Å². The summed E-state index contributed by atoms with van der Waals surface area (Å²) in [4.78, 5) is 0. The Balaban J connectivity index is 1.95. The molecular formula is C12H22. The Bertz CT molecular complexity index is 196.